The Bertz CT molecular complexity index is 644. The highest BCUT2D eigenvalue weighted by Gasteiger charge is 2.13. The van der Waals surface area contributed by atoms with Crippen molar-refractivity contribution in [3.63, 3.8) is 0 Å². The lowest BCUT2D eigenvalue weighted by Crippen LogP contribution is -2.01. The fourth-order valence-corrected chi connectivity index (χ4v) is 3.01. The van der Waals surface area contributed by atoms with Crippen molar-refractivity contribution in [1.29, 1.82) is 0 Å². The molecule has 3 nitrogen and oxygen atoms in total. The molecule has 1 aromatic carbocycles. The Labute approximate surface area is 121 Å². The summed E-state index contributed by atoms with van der Waals surface area (Å²) in [4.78, 5) is 11.4. The summed E-state index contributed by atoms with van der Waals surface area (Å²) >= 11 is 3.45. The Hall–Kier alpha value is -1.42. The van der Waals surface area contributed by atoms with Crippen LogP contribution in [0, 0.1) is 13.8 Å². The van der Waals surface area contributed by atoms with Gasteiger partial charge in [-0.3, -0.25) is 4.79 Å². The third kappa shape index (κ3) is 2.50. The van der Waals surface area contributed by atoms with Gasteiger partial charge in [-0.05, 0) is 66.9 Å². The van der Waals surface area contributed by atoms with Crippen molar-refractivity contribution in [3.8, 4) is 5.69 Å². The van der Waals surface area contributed by atoms with E-state index in [1.807, 2.05) is 29.8 Å². The minimum atomic E-state index is 0.0565. The molecule has 1 aromatic heterocycles. The molecule has 0 aliphatic carbocycles. The minimum Gasteiger partial charge on any atom is -0.294 e. The molecule has 0 saturated carbocycles. The van der Waals surface area contributed by atoms with Crippen LogP contribution < -0.4 is 0 Å². The highest BCUT2D eigenvalue weighted by Crippen LogP contribution is 2.24. The second kappa shape index (κ2) is 5.29. The first-order valence-electron chi connectivity index (χ1n) is 6.31. The van der Waals surface area contributed by atoms with Gasteiger partial charge in [-0.25, -0.2) is 4.68 Å². The Morgan fingerprint density at radius 2 is 2.05 bits per heavy atom. The van der Waals surface area contributed by atoms with E-state index >= 15 is 0 Å². The van der Waals surface area contributed by atoms with Crippen LogP contribution in [0.4, 0.5) is 0 Å². The number of hydrogen-bond donors (Lipinski definition) is 0. The van der Waals surface area contributed by atoms with Gasteiger partial charge in [0.25, 0.3) is 0 Å². The van der Waals surface area contributed by atoms with E-state index in [4.69, 9.17) is 0 Å². The molecular weight excluding hydrogens is 304 g/mol. The molecule has 0 bridgehead atoms. The van der Waals surface area contributed by atoms with Crippen LogP contribution in [0.25, 0.3) is 5.69 Å². The second-order valence-electron chi connectivity index (χ2n) is 4.64. The van der Waals surface area contributed by atoms with Gasteiger partial charge in [-0.2, -0.15) is 5.10 Å². The predicted octanol–water partition coefficient (Wildman–Crippen LogP) is 4.02. The summed E-state index contributed by atoms with van der Waals surface area (Å²) in [7, 11) is 0. The summed E-state index contributed by atoms with van der Waals surface area (Å²) in [5.41, 5.74) is 5.17. The average molecular weight is 321 g/mol. The molecule has 0 atom stereocenters. The van der Waals surface area contributed by atoms with Gasteiger partial charge in [0.15, 0.2) is 5.78 Å². The fraction of sp³-hybridized carbons (Fsp3) is 0.333. The number of hydrogen-bond acceptors (Lipinski definition) is 2. The van der Waals surface area contributed by atoms with Gasteiger partial charge in [0.2, 0.25) is 0 Å². The molecule has 2 aromatic rings. The van der Waals surface area contributed by atoms with E-state index in [0.717, 1.165) is 28.0 Å². The van der Waals surface area contributed by atoms with Crippen molar-refractivity contribution < 1.29 is 4.79 Å². The van der Waals surface area contributed by atoms with Crippen molar-refractivity contribution in [1.82, 2.24) is 9.78 Å². The number of nitrogens with zero attached hydrogens (tertiary/aromatic N) is 2. The van der Waals surface area contributed by atoms with Gasteiger partial charge in [-0.15, -0.1) is 0 Å². The predicted molar refractivity (Wildman–Crippen MR) is 80.1 cm³/mol. The van der Waals surface area contributed by atoms with Crippen LogP contribution in [0.1, 0.15) is 41.2 Å². The number of ketones is 1. The van der Waals surface area contributed by atoms with E-state index in [0.29, 0.717) is 5.56 Å². The number of Topliss-reactive ketones (excluding diaryl/α,β-unsaturated/α-hetero) is 1. The van der Waals surface area contributed by atoms with Gasteiger partial charge in [0.1, 0.15) is 0 Å². The molecule has 19 heavy (non-hydrogen) atoms. The molecule has 0 amide bonds. The summed E-state index contributed by atoms with van der Waals surface area (Å²) < 4.78 is 2.74. The summed E-state index contributed by atoms with van der Waals surface area (Å²) in [6, 6.07) is 5.71. The maximum absolute atomic E-state index is 11.4. The van der Waals surface area contributed by atoms with E-state index < -0.39 is 0 Å². The van der Waals surface area contributed by atoms with E-state index in [-0.39, 0.29) is 5.78 Å². The number of halogens is 1. The SMILES string of the molecule is CCc1c(C)nn(-c2ccc(C(C)=O)c(Br)c2)c1C. The maximum Gasteiger partial charge on any atom is 0.160 e. The third-order valence-corrected chi connectivity index (χ3v) is 4.03. The van der Waals surface area contributed by atoms with E-state index in [1.54, 1.807) is 6.92 Å². The summed E-state index contributed by atoms with van der Waals surface area (Å²) in [6.45, 7) is 7.81. The van der Waals surface area contributed by atoms with Crippen LogP contribution in [-0.4, -0.2) is 15.6 Å². The number of aromatic nitrogens is 2. The monoisotopic (exact) mass is 320 g/mol. The third-order valence-electron chi connectivity index (χ3n) is 3.37. The van der Waals surface area contributed by atoms with Crippen LogP contribution in [0.5, 0.6) is 0 Å². The van der Waals surface area contributed by atoms with Crippen molar-refractivity contribution in [3.05, 3.63) is 45.2 Å². The molecule has 0 radical (unpaired) electrons. The summed E-state index contributed by atoms with van der Waals surface area (Å²) in [5, 5.41) is 4.58. The van der Waals surface area contributed by atoms with Crippen molar-refractivity contribution in [2.45, 2.75) is 34.1 Å². The quantitative estimate of drug-likeness (QED) is 0.801. The molecule has 0 spiro atoms. The first-order valence-corrected chi connectivity index (χ1v) is 7.11. The summed E-state index contributed by atoms with van der Waals surface area (Å²) in [5.74, 6) is 0.0565. The fourth-order valence-electron chi connectivity index (χ4n) is 2.36. The molecule has 2 rings (SSSR count). The van der Waals surface area contributed by atoms with E-state index in [1.165, 1.54) is 5.56 Å². The van der Waals surface area contributed by atoms with E-state index in [2.05, 4.69) is 34.9 Å². The van der Waals surface area contributed by atoms with Crippen molar-refractivity contribution in [2.24, 2.45) is 0 Å². The Kier molecular flexibility index (Phi) is 3.90. The zero-order valence-electron chi connectivity index (χ0n) is 11.6. The first kappa shape index (κ1) is 14.0. The molecule has 0 fully saturated rings. The summed E-state index contributed by atoms with van der Waals surface area (Å²) in [6.07, 6.45) is 0.977. The van der Waals surface area contributed by atoms with Gasteiger partial charge < -0.3 is 0 Å². The topological polar surface area (TPSA) is 34.9 Å². The van der Waals surface area contributed by atoms with Gasteiger partial charge >= 0.3 is 0 Å². The molecule has 0 aliphatic rings. The highest BCUT2D eigenvalue weighted by molar-refractivity contribution is 9.10. The lowest BCUT2D eigenvalue weighted by Gasteiger charge is -2.07. The highest BCUT2D eigenvalue weighted by atomic mass is 79.9. The number of aryl methyl sites for hydroxylation is 1. The molecule has 0 unspecified atom stereocenters. The Balaban J connectivity index is 2.54. The van der Waals surface area contributed by atoms with Crippen LogP contribution in [0.2, 0.25) is 0 Å². The smallest absolute Gasteiger partial charge is 0.160 e. The number of benzene rings is 1. The maximum atomic E-state index is 11.4. The zero-order valence-corrected chi connectivity index (χ0v) is 13.2. The lowest BCUT2D eigenvalue weighted by atomic mass is 10.1. The van der Waals surface area contributed by atoms with Crippen LogP contribution in [0.3, 0.4) is 0 Å². The molecule has 0 saturated heterocycles. The second-order valence-corrected chi connectivity index (χ2v) is 5.49. The molecule has 0 N–H and O–H groups in total. The Morgan fingerprint density at radius 1 is 1.37 bits per heavy atom. The molecule has 4 heteroatoms. The normalized spacial score (nSPS) is 10.8. The van der Waals surface area contributed by atoms with Crippen molar-refractivity contribution in [2.75, 3.05) is 0 Å². The molecule has 0 aliphatic heterocycles. The number of rotatable bonds is 3. The van der Waals surface area contributed by atoms with Gasteiger partial charge in [0.05, 0.1) is 11.4 Å². The van der Waals surface area contributed by atoms with Crippen LogP contribution >= 0.6 is 15.9 Å². The molecular formula is C15H17BrN2O. The first-order chi connectivity index (χ1) is 8.95. The average Bonchev–Trinajstić information content (AvgIpc) is 2.63. The number of carbonyl (C=O) groups is 1. The lowest BCUT2D eigenvalue weighted by molar-refractivity contribution is 0.101. The standard InChI is InChI=1S/C15H17BrN2O/c1-5-13-9(2)17-18(10(13)3)12-6-7-14(11(4)19)15(16)8-12/h6-8H,5H2,1-4H3. The van der Waals surface area contributed by atoms with Gasteiger partial charge in [0, 0.05) is 15.7 Å². The van der Waals surface area contributed by atoms with Gasteiger partial charge in [-0.1, -0.05) is 6.92 Å². The zero-order chi connectivity index (χ0) is 14.2. The number of carbonyl (C=O) groups excluding carboxylic acids is 1. The van der Waals surface area contributed by atoms with Crippen LogP contribution in [0.15, 0.2) is 22.7 Å². The van der Waals surface area contributed by atoms with E-state index in [9.17, 15) is 4.79 Å². The molecule has 1 heterocycles. The van der Waals surface area contributed by atoms with Crippen LogP contribution in [-0.2, 0) is 6.42 Å². The van der Waals surface area contributed by atoms with Crippen molar-refractivity contribution >= 4 is 21.7 Å². The largest absolute Gasteiger partial charge is 0.294 e. The Morgan fingerprint density at radius 3 is 2.53 bits per heavy atom. The minimum absolute atomic E-state index is 0.0565. The molecule has 100 valence electrons.